The van der Waals surface area contributed by atoms with Crippen molar-refractivity contribution in [1.29, 1.82) is 0 Å². The molecule has 22 heavy (non-hydrogen) atoms. The van der Waals surface area contributed by atoms with Gasteiger partial charge in [-0.2, -0.15) is 0 Å². The van der Waals surface area contributed by atoms with E-state index < -0.39 is 0 Å². The molecule has 1 amide bonds. The van der Waals surface area contributed by atoms with Crippen LogP contribution in [0, 0.1) is 13.8 Å². The van der Waals surface area contributed by atoms with E-state index in [4.69, 9.17) is 0 Å². The summed E-state index contributed by atoms with van der Waals surface area (Å²) < 4.78 is 0. The number of nitrogens with one attached hydrogen (secondary N) is 1. The van der Waals surface area contributed by atoms with Gasteiger partial charge in [-0.3, -0.25) is 4.79 Å². The van der Waals surface area contributed by atoms with E-state index in [0.29, 0.717) is 6.04 Å². The van der Waals surface area contributed by atoms with Gasteiger partial charge in [-0.15, -0.1) is 0 Å². The Morgan fingerprint density at radius 1 is 1.14 bits per heavy atom. The number of quaternary nitrogens is 1. The Bertz CT molecular complexity index is 490. The molecular weight excluding hydrogens is 272 g/mol. The number of carbonyl (C=O) groups is 1. The van der Waals surface area contributed by atoms with Crippen molar-refractivity contribution in [2.24, 2.45) is 0 Å². The standard InChI is InChI=1S/C19H30N2O/c1-14-11-12-15(2)18(13-14)21-19(22)16(3)20-17-9-7-5-4-6-8-10-17/h11-13,16-17,20H,4-10H2,1-3H3,(H,21,22)/p+1/t16-/m0/s1. The summed E-state index contributed by atoms with van der Waals surface area (Å²) in [4.78, 5) is 12.5. The highest BCUT2D eigenvalue weighted by Gasteiger charge is 2.22. The fourth-order valence-electron chi connectivity index (χ4n) is 3.29. The Kier molecular flexibility index (Phi) is 6.44. The quantitative estimate of drug-likeness (QED) is 0.880. The minimum absolute atomic E-state index is 0.0238. The fourth-order valence-corrected chi connectivity index (χ4v) is 3.29. The minimum Gasteiger partial charge on any atom is -0.334 e. The summed E-state index contributed by atoms with van der Waals surface area (Å²) in [6, 6.07) is 6.78. The van der Waals surface area contributed by atoms with Crippen LogP contribution < -0.4 is 10.6 Å². The summed E-state index contributed by atoms with van der Waals surface area (Å²) in [7, 11) is 0. The number of amides is 1. The number of nitrogens with two attached hydrogens (primary N) is 1. The molecule has 1 aliphatic carbocycles. The van der Waals surface area contributed by atoms with E-state index in [2.05, 4.69) is 35.8 Å². The Morgan fingerprint density at radius 3 is 2.45 bits per heavy atom. The van der Waals surface area contributed by atoms with E-state index in [1.165, 1.54) is 50.5 Å². The number of hydrogen-bond donors (Lipinski definition) is 2. The molecule has 0 aliphatic heterocycles. The Labute approximate surface area is 134 Å². The molecule has 1 aromatic carbocycles. The highest BCUT2D eigenvalue weighted by atomic mass is 16.2. The number of anilines is 1. The van der Waals surface area contributed by atoms with Crippen molar-refractivity contribution in [3.8, 4) is 0 Å². The minimum atomic E-state index is -0.0238. The van der Waals surface area contributed by atoms with Crippen LogP contribution in [0.15, 0.2) is 18.2 Å². The summed E-state index contributed by atoms with van der Waals surface area (Å²) in [6.45, 7) is 6.12. The zero-order valence-corrected chi connectivity index (χ0v) is 14.3. The van der Waals surface area contributed by atoms with Crippen molar-refractivity contribution in [2.75, 3.05) is 5.32 Å². The van der Waals surface area contributed by atoms with Crippen LogP contribution in [0.4, 0.5) is 5.69 Å². The molecule has 3 N–H and O–H groups in total. The van der Waals surface area contributed by atoms with Gasteiger partial charge in [0.15, 0.2) is 6.04 Å². The van der Waals surface area contributed by atoms with Gasteiger partial charge in [-0.05, 0) is 63.6 Å². The Hall–Kier alpha value is -1.35. The first-order valence-electron chi connectivity index (χ1n) is 8.79. The number of benzene rings is 1. The molecule has 0 bridgehead atoms. The van der Waals surface area contributed by atoms with Crippen molar-refractivity contribution >= 4 is 11.6 Å². The van der Waals surface area contributed by atoms with E-state index in [0.717, 1.165) is 11.3 Å². The Morgan fingerprint density at radius 2 is 1.77 bits per heavy atom. The van der Waals surface area contributed by atoms with Crippen molar-refractivity contribution in [3.63, 3.8) is 0 Å². The fraction of sp³-hybridized carbons (Fsp3) is 0.632. The average molecular weight is 303 g/mol. The smallest absolute Gasteiger partial charge is 0.282 e. The van der Waals surface area contributed by atoms with Gasteiger partial charge in [0.1, 0.15) is 0 Å². The second-order valence-corrected chi connectivity index (χ2v) is 6.89. The highest BCUT2D eigenvalue weighted by Crippen LogP contribution is 2.17. The SMILES string of the molecule is Cc1ccc(C)c(NC(=O)[C@H](C)[NH2+]C2CCCCCCC2)c1. The Balaban J connectivity index is 1.89. The van der Waals surface area contributed by atoms with Gasteiger partial charge in [0.05, 0.1) is 6.04 Å². The van der Waals surface area contributed by atoms with Crippen molar-refractivity contribution in [3.05, 3.63) is 29.3 Å². The molecule has 0 radical (unpaired) electrons. The molecule has 3 heteroatoms. The first-order valence-corrected chi connectivity index (χ1v) is 8.79. The maximum Gasteiger partial charge on any atom is 0.282 e. The zero-order chi connectivity index (χ0) is 15.9. The second kappa shape index (κ2) is 8.33. The molecule has 1 fully saturated rings. The van der Waals surface area contributed by atoms with Crippen LogP contribution >= 0.6 is 0 Å². The lowest BCUT2D eigenvalue weighted by molar-refractivity contribution is -0.707. The first kappa shape index (κ1) is 17.0. The molecule has 0 heterocycles. The molecule has 2 rings (SSSR count). The molecule has 0 spiro atoms. The summed E-state index contributed by atoms with van der Waals surface area (Å²) in [5.41, 5.74) is 3.25. The van der Waals surface area contributed by atoms with Gasteiger partial charge in [0, 0.05) is 5.69 Å². The molecule has 1 atom stereocenters. The molecule has 122 valence electrons. The van der Waals surface area contributed by atoms with Gasteiger partial charge < -0.3 is 10.6 Å². The number of rotatable bonds is 4. The summed E-state index contributed by atoms with van der Waals surface area (Å²) in [5.74, 6) is 0.121. The van der Waals surface area contributed by atoms with E-state index >= 15 is 0 Å². The van der Waals surface area contributed by atoms with Crippen LogP contribution in [0.25, 0.3) is 0 Å². The summed E-state index contributed by atoms with van der Waals surface area (Å²) >= 11 is 0. The lowest BCUT2D eigenvalue weighted by Crippen LogP contribution is -2.96. The van der Waals surface area contributed by atoms with Crippen molar-refractivity contribution in [1.82, 2.24) is 0 Å². The van der Waals surface area contributed by atoms with Crippen LogP contribution in [0.5, 0.6) is 0 Å². The second-order valence-electron chi connectivity index (χ2n) is 6.89. The molecule has 1 aliphatic rings. The normalized spacial score (nSPS) is 18.3. The lowest BCUT2D eigenvalue weighted by atomic mass is 9.96. The molecule has 1 saturated carbocycles. The number of carbonyl (C=O) groups excluding carboxylic acids is 1. The van der Waals surface area contributed by atoms with Crippen LogP contribution in [0.1, 0.15) is 63.0 Å². The first-order chi connectivity index (χ1) is 10.6. The third-order valence-corrected chi connectivity index (χ3v) is 4.78. The molecular formula is C19H31N2O+. The van der Waals surface area contributed by atoms with E-state index in [9.17, 15) is 4.79 Å². The largest absolute Gasteiger partial charge is 0.334 e. The highest BCUT2D eigenvalue weighted by molar-refractivity contribution is 5.94. The summed E-state index contributed by atoms with van der Waals surface area (Å²) in [5, 5.41) is 5.38. The van der Waals surface area contributed by atoms with Crippen LogP contribution in [0.3, 0.4) is 0 Å². The van der Waals surface area contributed by atoms with Gasteiger partial charge >= 0.3 is 0 Å². The van der Waals surface area contributed by atoms with Crippen molar-refractivity contribution in [2.45, 2.75) is 77.8 Å². The third-order valence-electron chi connectivity index (χ3n) is 4.78. The third kappa shape index (κ3) is 5.13. The van der Waals surface area contributed by atoms with Crippen LogP contribution in [-0.4, -0.2) is 18.0 Å². The van der Waals surface area contributed by atoms with E-state index in [1.807, 2.05) is 13.8 Å². The van der Waals surface area contributed by atoms with Crippen LogP contribution in [0.2, 0.25) is 0 Å². The summed E-state index contributed by atoms with van der Waals surface area (Å²) in [6.07, 6.45) is 9.22. The van der Waals surface area contributed by atoms with E-state index in [1.54, 1.807) is 0 Å². The predicted molar refractivity (Wildman–Crippen MR) is 92.0 cm³/mol. The molecule has 1 aromatic rings. The maximum atomic E-state index is 12.5. The van der Waals surface area contributed by atoms with Gasteiger partial charge in [-0.25, -0.2) is 0 Å². The molecule has 0 aromatic heterocycles. The van der Waals surface area contributed by atoms with Gasteiger partial charge in [0.25, 0.3) is 5.91 Å². The average Bonchev–Trinajstić information content (AvgIpc) is 2.45. The molecule has 0 unspecified atom stereocenters. The number of hydrogen-bond acceptors (Lipinski definition) is 1. The van der Waals surface area contributed by atoms with Gasteiger partial charge in [-0.1, -0.05) is 31.4 Å². The monoisotopic (exact) mass is 303 g/mol. The zero-order valence-electron chi connectivity index (χ0n) is 14.3. The van der Waals surface area contributed by atoms with E-state index in [-0.39, 0.29) is 11.9 Å². The predicted octanol–water partition coefficient (Wildman–Crippen LogP) is 3.31. The number of aryl methyl sites for hydroxylation is 2. The van der Waals surface area contributed by atoms with Crippen molar-refractivity contribution < 1.29 is 10.1 Å². The maximum absolute atomic E-state index is 12.5. The molecule has 0 saturated heterocycles. The van der Waals surface area contributed by atoms with Gasteiger partial charge in [0.2, 0.25) is 0 Å². The lowest BCUT2D eigenvalue weighted by Gasteiger charge is -2.22. The topological polar surface area (TPSA) is 45.7 Å². The molecule has 3 nitrogen and oxygen atoms in total. The van der Waals surface area contributed by atoms with Crippen LogP contribution in [-0.2, 0) is 4.79 Å².